The summed E-state index contributed by atoms with van der Waals surface area (Å²) < 4.78 is 25.8. The molecule has 1 aliphatic rings. The predicted molar refractivity (Wildman–Crippen MR) is 68.0 cm³/mol. The Hall–Kier alpha value is -1.67. The fourth-order valence-electron chi connectivity index (χ4n) is 2.05. The molecule has 0 aromatic rings. The molecule has 21 heavy (non-hydrogen) atoms. The normalized spacial score (nSPS) is 28.6. The van der Waals surface area contributed by atoms with Crippen molar-refractivity contribution in [1.29, 1.82) is 0 Å². The van der Waals surface area contributed by atoms with Crippen molar-refractivity contribution in [2.24, 2.45) is 0 Å². The average Bonchev–Trinajstić information content (AvgIpc) is 2.36. The van der Waals surface area contributed by atoms with Crippen LogP contribution in [0.2, 0.25) is 0 Å². The van der Waals surface area contributed by atoms with E-state index < -0.39 is 42.5 Å². The van der Waals surface area contributed by atoms with Gasteiger partial charge in [0.2, 0.25) is 0 Å². The first-order chi connectivity index (χ1) is 9.83. The lowest BCUT2D eigenvalue weighted by atomic mass is 10.0. The minimum atomic E-state index is -0.818. The van der Waals surface area contributed by atoms with Crippen molar-refractivity contribution in [3.05, 3.63) is 0 Å². The van der Waals surface area contributed by atoms with Gasteiger partial charge < -0.3 is 23.7 Å². The quantitative estimate of drug-likeness (QED) is 0.524. The molecule has 0 amide bonds. The molecule has 1 aliphatic heterocycles. The summed E-state index contributed by atoms with van der Waals surface area (Å²) in [6, 6.07) is 0. The van der Waals surface area contributed by atoms with Crippen molar-refractivity contribution in [2.45, 2.75) is 51.8 Å². The lowest BCUT2D eigenvalue weighted by Gasteiger charge is -2.39. The fraction of sp³-hybridized carbons (Fsp3) is 0.769. The highest BCUT2D eigenvalue weighted by Crippen LogP contribution is 2.26. The van der Waals surface area contributed by atoms with Gasteiger partial charge in [0.25, 0.3) is 0 Å². The second kappa shape index (κ2) is 7.94. The van der Waals surface area contributed by atoms with Crippen molar-refractivity contribution >= 4 is 17.9 Å². The molecule has 0 saturated carbocycles. The van der Waals surface area contributed by atoms with Gasteiger partial charge in [0, 0.05) is 34.3 Å². The maximum absolute atomic E-state index is 11.2. The van der Waals surface area contributed by atoms with Gasteiger partial charge in [0.05, 0.1) is 0 Å². The molecular weight excluding hydrogens is 284 g/mol. The van der Waals surface area contributed by atoms with Crippen molar-refractivity contribution < 1.29 is 38.1 Å². The second-order valence-corrected chi connectivity index (χ2v) is 4.61. The minimum absolute atomic E-state index is 0.0834. The molecule has 0 bridgehead atoms. The highest BCUT2D eigenvalue weighted by Gasteiger charge is 2.42. The molecule has 4 unspecified atom stereocenters. The summed E-state index contributed by atoms with van der Waals surface area (Å²) in [5, 5.41) is 0. The van der Waals surface area contributed by atoms with Crippen LogP contribution in [0.4, 0.5) is 0 Å². The van der Waals surface area contributed by atoms with Crippen molar-refractivity contribution in [3.8, 4) is 0 Å². The first kappa shape index (κ1) is 17.4. The number of hydrogen-bond acceptors (Lipinski definition) is 8. The van der Waals surface area contributed by atoms with Gasteiger partial charge in [-0.05, 0) is 0 Å². The number of hydrogen-bond donors (Lipinski definition) is 0. The van der Waals surface area contributed by atoms with Crippen LogP contribution < -0.4 is 0 Å². The molecular formula is C13H20O8. The molecule has 0 aromatic heterocycles. The third-order valence-electron chi connectivity index (χ3n) is 2.81. The van der Waals surface area contributed by atoms with E-state index in [0.717, 1.165) is 0 Å². The molecule has 0 radical (unpaired) electrons. The SMILES string of the molecule is COC1OC(COC(C)=O)C(OC(C)=O)CC1OC(C)=O. The van der Waals surface area contributed by atoms with Crippen LogP contribution in [0.3, 0.4) is 0 Å². The largest absolute Gasteiger partial charge is 0.463 e. The third-order valence-corrected chi connectivity index (χ3v) is 2.81. The number of rotatable bonds is 5. The standard InChI is InChI=1S/C13H20O8/c1-7(14)18-6-12-10(19-8(2)15)5-11(20-9(3)16)13(17-4)21-12/h10-13H,5-6H2,1-4H3. The van der Waals surface area contributed by atoms with Gasteiger partial charge in [-0.25, -0.2) is 0 Å². The topological polar surface area (TPSA) is 97.4 Å². The van der Waals surface area contributed by atoms with E-state index in [1.165, 1.54) is 27.9 Å². The Morgan fingerprint density at radius 1 is 1.00 bits per heavy atom. The Bertz CT molecular complexity index is 394. The fourth-order valence-corrected chi connectivity index (χ4v) is 2.05. The van der Waals surface area contributed by atoms with Crippen molar-refractivity contribution in [2.75, 3.05) is 13.7 Å². The van der Waals surface area contributed by atoms with Gasteiger partial charge in [-0.15, -0.1) is 0 Å². The van der Waals surface area contributed by atoms with Crippen LogP contribution >= 0.6 is 0 Å². The molecule has 0 aliphatic carbocycles. The van der Waals surface area contributed by atoms with Gasteiger partial charge >= 0.3 is 17.9 Å². The molecule has 0 spiro atoms. The minimum Gasteiger partial charge on any atom is -0.463 e. The number of ether oxygens (including phenoxy) is 5. The molecule has 0 aromatic carbocycles. The molecule has 8 heteroatoms. The number of methoxy groups -OCH3 is 1. The van der Waals surface area contributed by atoms with E-state index in [1.54, 1.807) is 0 Å². The van der Waals surface area contributed by atoms with E-state index in [2.05, 4.69) is 0 Å². The van der Waals surface area contributed by atoms with Crippen LogP contribution in [0.25, 0.3) is 0 Å². The maximum Gasteiger partial charge on any atom is 0.303 e. The summed E-state index contributed by atoms with van der Waals surface area (Å²) in [4.78, 5) is 33.1. The lowest BCUT2D eigenvalue weighted by Crippen LogP contribution is -2.52. The van der Waals surface area contributed by atoms with E-state index >= 15 is 0 Å². The zero-order valence-electron chi connectivity index (χ0n) is 12.5. The van der Waals surface area contributed by atoms with Gasteiger partial charge in [-0.2, -0.15) is 0 Å². The first-order valence-corrected chi connectivity index (χ1v) is 6.49. The molecule has 1 rings (SSSR count). The van der Waals surface area contributed by atoms with Gasteiger partial charge in [-0.3, -0.25) is 14.4 Å². The van der Waals surface area contributed by atoms with Crippen molar-refractivity contribution in [1.82, 2.24) is 0 Å². The summed E-state index contributed by atoms with van der Waals surface area (Å²) in [5.74, 6) is -1.48. The van der Waals surface area contributed by atoms with E-state index in [1.807, 2.05) is 0 Å². The van der Waals surface area contributed by atoms with Gasteiger partial charge in [0.15, 0.2) is 12.4 Å². The zero-order valence-corrected chi connectivity index (χ0v) is 12.5. The van der Waals surface area contributed by atoms with Gasteiger partial charge in [0.1, 0.15) is 18.8 Å². The second-order valence-electron chi connectivity index (χ2n) is 4.61. The monoisotopic (exact) mass is 304 g/mol. The van der Waals surface area contributed by atoms with Crippen LogP contribution in [-0.4, -0.2) is 56.2 Å². The molecule has 4 atom stereocenters. The Balaban J connectivity index is 2.78. The zero-order chi connectivity index (χ0) is 16.0. The highest BCUT2D eigenvalue weighted by atomic mass is 16.7. The smallest absolute Gasteiger partial charge is 0.303 e. The lowest BCUT2D eigenvalue weighted by molar-refractivity contribution is -0.270. The summed E-state index contributed by atoms with van der Waals surface area (Å²) in [7, 11) is 1.40. The van der Waals surface area contributed by atoms with E-state index in [9.17, 15) is 14.4 Å². The van der Waals surface area contributed by atoms with Crippen LogP contribution in [0.5, 0.6) is 0 Å². The van der Waals surface area contributed by atoms with E-state index in [0.29, 0.717) is 0 Å². The Kier molecular flexibility index (Phi) is 6.57. The van der Waals surface area contributed by atoms with Crippen LogP contribution in [0, 0.1) is 0 Å². The number of esters is 3. The Morgan fingerprint density at radius 2 is 1.57 bits per heavy atom. The van der Waals surface area contributed by atoms with E-state index in [4.69, 9.17) is 23.7 Å². The summed E-state index contributed by atoms with van der Waals surface area (Å²) >= 11 is 0. The predicted octanol–water partition coefficient (Wildman–Crippen LogP) is 0.174. The molecule has 1 fully saturated rings. The maximum atomic E-state index is 11.2. The van der Waals surface area contributed by atoms with Crippen LogP contribution in [0.15, 0.2) is 0 Å². The molecule has 1 saturated heterocycles. The van der Waals surface area contributed by atoms with Crippen LogP contribution in [-0.2, 0) is 38.1 Å². The highest BCUT2D eigenvalue weighted by molar-refractivity contribution is 5.67. The van der Waals surface area contributed by atoms with Gasteiger partial charge in [-0.1, -0.05) is 0 Å². The molecule has 8 nitrogen and oxygen atoms in total. The van der Waals surface area contributed by atoms with Crippen LogP contribution in [0.1, 0.15) is 27.2 Å². The number of carbonyl (C=O) groups excluding carboxylic acids is 3. The molecule has 0 N–H and O–H groups in total. The average molecular weight is 304 g/mol. The molecule has 1 heterocycles. The Labute approximate surface area is 122 Å². The molecule has 120 valence electrons. The number of carbonyl (C=O) groups is 3. The van der Waals surface area contributed by atoms with Crippen molar-refractivity contribution in [3.63, 3.8) is 0 Å². The third kappa shape index (κ3) is 5.68. The first-order valence-electron chi connectivity index (χ1n) is 6.49. The summed E-state index contributed by atoms with van der Waals surface area (Å²) in [6.07, 6.45) is -2.71. The van der Waals surface area contributed by atoms with E-state index in [-0.39, 0.29) is 13.0 Å². The summed E-state index contributed by atoms with van der Waals surface area (Å²) in [6.45, 7) is 3.70. The Morgan fingerprint density at radius 3 is 2.05 bits per heavy atom. The summed E-state index contributed by atoms with van der Waals surface area (Å²) in [5.41, 5.74) is 0.